The molecule has 1 aromatic carbocycles. The van der Waals surface area contributed by atoms with Gasteiger partial charge < -0.3 is 5.32 Å². The number of nitrogens with one attached hydrogen (secondary N) is 2. The van der Waals surface area contributed by atoms with Gasteiger partial charge in [0, 0.05) is 17.1 Å². The van der Waals surface area contributed by atoms with Crippen LogP contribution in [0.2, 0.25) is 0 Å². The van der Waals surface area contributed by atoms with E-state index in [2.05, 4.69) is 15.6 Å². The van der Waals surface area contributed by atoms with Crippen molar-refractivity contribution in [2.45, 2.75) is 38.6 Å². The molecule has 0 bridgehead atoms. The standard InChI is InChI=1S/C19H21N5OS/c1-19(2,17-20-11-12-26-17)22-18(25)21-16-14-9-6-10-15(14)23-24(16)13-7-4-3-5-8-13/h3-5,7-8,11-12H,6,9-10H2,1-2H3,(H2,21,22,25). The smallest absolute Gasteiger partial charge is 0.321 e. The van der Waals surface area contributed by atoms with Gasteiger partial charge in [-0.2, -0.15) is 5.10 Å². The first-order valence-electron chi connectivity index (χ1n) is 8.70. The Hall–Kier alpha value is -2.67. The van der Waals surface area contributed by atoms with Crippen LogP contribution in [0.15, 0.2) is 41.9 Å². The topological polar surface area (TPSA) is 71.8 Å². The number of thiazole rings is 1. The third-order valence-corrected chi connectivity index (χ3v) is 5.63. The number of amides is 2. The van der Waals surface area contributed by atoms with Gasteiger partial charge in [0.05, 0.1) is 16.9 Å². The van der Waals surface area contributed by atoms with Gasteiger partial charge >= 0.3 is 6.03 Å². The van der Waals surface area contributed by atoms with Crippen molar-refractivity contribution >= 4 is 23.2 Å². The van der Waals surface area contributed by atoms with E-state index in [1.165, 1.54) is 11.3 Å². The molecule has 0 unspecified atom stereocenters. The average Bonchev–Trinajstić information content (AvgIpc) is 3.34. The van der Waals surface area contributed by atoms with Crippen LogP contribution in [-0.4, -0.2) is 20.8 Å². The molecule has 1 aliphatic carbocycles. The van der Waals surface area contributed by atoms with E-state index < -0.39 is 5.54 Å². The lowest BCUT2D eigenvalue weighted by Gasteiger charge is -2.24. The van der Waals surface area contributed by atoms with Gasteiger partial charge in [-0.1, -0.05) is 18.2 Å². The Balaban J connectivity index is 1.61. The number of aryl methyl sites for hydroxylation is 1. The number of fused-ring (bicyclic) bond motifs is 1. The highest BCUT2D eigenvalue weighted by Gasteiger charge is 2.28. The Labute approximate surface area is 156 Å². The maximum atomic E-state index is 12.7. The number of aromatic nitrogens is 3. The van der Waals surface area contributed by atoms with Crippen LogP contribution in [0.4, 0.5) is 10.6 Å². The van der Waals surface area contributed by atoms with Crippen molar-refractivity contribution in [1.29, 1.82) is 0 Å². The monoisotopic (exact) mass is 367 g/mol. The number of nitrogens with zero attached hydrogens (tertiary/aromatic N) is 3. The molecular formula is C19H21N5OS. The zero-order chi connectivity index (χ0) is 18.1. The molecule has 1 aliphatic rings. The summed E-state index contributed by atoms with van der Waals surface area (Å²) in [6.45, 7) is 3.90. The lowest BCUT2D eigenvalue weighted by atomic mass is 10.1. The van der Waals surface area contributed by atoms with Crippen molar-refractivity contribution < 1.29 is 4.79 Å². The minimum atomic E-state index is -0.543. The van der Waals surface area contributed by atoms with E-state index in [-0.39, 0.29) is 6.03 Å². The molecule has 0 fully saturated rings. The van der Waals surface area contributed by atoms with Gasteiger partial charge in [-0.3, -0.25) is 5.32 Å². The molecule has 2 amide bonds. The number of anilines is 1. The number of urea groups is 1. The van der Waals surface area contributed by atoms with Crippen LogP contribution in [0.5, 0.6) is 0 Å². The summed E-state index contributed by atoms with van der Waals surface area (Å²) in [6, 6.07) is 9.64. The van der Waals surface area contributed by atoms with Gasteiger partial charge in [-0.05, 0) is 45.2 Å². The van der Waals surface area contributed by atoms with E-state index in [0.717, 1.165) is 47.0 Å². The zero-order valence-electron chi connectivity index (χ0n) is 14.8. The average molecular weight is 367 g/mol. The largest absolute Gasteiger partial charge is 0.326 e. The highest BCUT2D eigenvalue weighted by atomic mass is 32.1. The third kappa shape index (κ3) is 3.10. The summed E-state index contributed by atoms with van der Waals surface area (Å²) >= 11 is 1.53. The maximum absolute atomic E-state index is 12.7. The van der Waals surface area contributed by atoms with Crippen molar-refractivity contribution in [1.82, 2.24) is 20.1 Å². The second-order valence-corrected chi connectivity index (χ2v) is 7.81. The summed E-state index contributed by atoms with van der Waals surface area (Å²) in [5.41, 5.74) is 2.61. The lowest BCUT2D eigenvalue weighted by molar-refractivity contribution is 0.241. The molecule has 2 N–H and O–H groups in total. The molecule has 134 valence electrons. The Kier molecular flexibility index (Phi) is 4.24. The molecule has 4 rings (SSSR count). The Morgan fingerprint density at radius 2 is 2.04 bits per heavy atom. The summed E-state index contributed by atoms with van der Waals surface area (Å²) in [6.07, 6.45) is 4.72. The number of carbonyl (C=O) groups is 1. The van der Waals surface area contributed by atoms with Gasteiger partial charge in [-0.25, -0.2) is 14.5 Å². The maximum Gasteiger partial charge on any atom is 0.321 e. The van der Waals surface area contributed by atoms with Gasteiger partial charge in [0.1, 0.15) is 10.8 Å². The minimum absolute atomic E-state index is 0.253. The van der Waals surface area contributed by atoms with Gasteiger partial charge in [0.25, 0.3) is 0 Å². The molecule has 0 spiro atoms. The normalized spacial score (nSPS) is 13.5. The highest BCUT2D eigenvalue weighted by Crippen LogP contribution is 2.31. The number of hydrogen-bond donors (Lipinski definition) is 2. The minimum Gasteiger partial charge on any atom is -0.326 e. The van der Waals surface area contributed by atoms with E-state index in [9.17, 15) is 4.79 Å². The summed E-state index contributed by atoms with van der Waals surface area (Å²) < 4.78 is 1.83. The fraction of sp³-hybridized carbons (Fsp3) is 0.316. The molecule has 6 nitrogen and oxygen atoms in total. The van der Waals surface area contributed by atoms with Crippen molar-refractivity contribution in [3.8, 4) is 5.69 Å². The molecule has 3 aromatic rings. The lowest BCUT2D eigenvalue weighted by Crippen LogP contribution is -2.43. The molecule has 0 saturated carbocycles. The van der Waals surface area contributed by atoms with Crippen molar-refractivity contribution in [3.63, 3.8) is 0 Å². The van der Waals surface area contributed by atoms with E-state index in [4.69, 9.17) is 5.10 Å². The first-order chi connectivity index (χ1) is 12.5. The molecule has 2 heterocycles. The second kappa shape index (κ2) is 6.57. The first-order valence-corrected chi connectivity index (χ1v) is 9.58. The third-order valence-electron chi connectivity index (χ3n) is 4.53. The molecule has 2 aromatic heterocycles. The fourth-order valence-corrected chi connectivity index (χ4v) is 4.00. The van der Waals surface area contributed by atoms with Gasteiger partial charge in [0.15, 0.2) is 0 Å². The van der Waals surface area contributed by atoms with E-state index in [1.54, 1.807) is 6.20 Å². The molecule has 0 radical (unpaired) electrons. The van der Waals surface area contributed by atoms with Crippen LogP contribution in [0.1, 0.15) is 36.5 Å². The summed E-state index contributed by atoms with van der Waals surface area (Å²) in [5, 5.41) is 13.6. The van der Waals surface area contributed by atoms with E-state index >= 15 is 0 Å². The van der Waals surface area contributed by atoms with Gasteiger partial charge in [-0.15, -0.1) is 11.3 Å². The van der Waals surface area contributed by atoms with Crippen molar-refractivity contribution in [2.75, 3.05) is 5.32 Å². The fourth-order valence-electron chi connectivity index (χ4n) is 3.28. The Morgan fingerprint density at radius 1 is 1.23 bits per heavy atom. The molecular weight excluding hydrogens is 346 g/mol. The molecule has 26 heavy (non-hydrogen) atoms. The molecule has 0 atom stereocenters. The highest BCUT2D eigenvalue weighted by molar-refractivity contribution is 7.09. The quantitative estimate of drug-likeness (QED) is 0.735. The van der Waals surface area contributed by atoms with Crippen LogP contribution < -0.4 is 10.6 Å². The zero-order valence-corrected chi connectivity index (χ0v) is 15.6. The van der Waals surface area contributed by atoms with E-state index in [1.807, 2.05) is 54.2 Å². The number of carbonyl (C=O) groups excluding carboxylic acids is 1. The predicted octanol–water partition coefficient (Wildman–Crippen LogP) is 3.87. The predicted molar refractivity (Wildman–Crippen MR) is 103 cm³/mol. The van der Waals surface area contributed by atoms with Crippen LogP contribution in [0.3, 0.4) is 0 Å². The second-order valence-electron chi connectivity index (χ2n) is 6.92. The first kappa shape index (κ1) is 16.8. The van der Waals surface area contributed by atoms with Crippen molar-refractivity contribution in [3.05, 3.63) is 58.2 Å². The van der Waals surface area contributed by atoms with E-state index in [0.29, 0.717) is 0 Å². The molecule has 0 aliphatic heterocycles. The number of benzene rings is 1. The SMILES string of the molecule is CC(C)(NC(=O)Nc1c2c(nn1-c1ccccc1)CCC2)c1nccs1. The number of para-hydroxylation sites is 1. The van der Waals surface area contributed by atoms with Crippen LogP contribution in [0.25, 0.3) is 5.69 Å². The van der Waals surface area contributed by atoms with Crippen LogP contribution >= 0.6 is 11.3 Å². The number of rotatable bonds is 4. The number of hydrogen-bond acceptors (Lipinski definition) is 4. The van der Waals surface area contributed by atoms with Crippen LogP contribution in [0, 0.1) is 0 Å². The summed E-state index contributed by atoms with van der Waals surface area (Å²) in [5.74, 6) is 0.760. The van der Waals surface area contributed by atoms with Gasteiger partial charge in [0.2, 0.25) is 0 Å². The Morgan fingerprint density at radius 3 is 2.77 bits per heavy atom. The summed E-state index contributed by atoms with van der Waals surface area (Å²) in [4.78, 5) is 17.0. The molecule has 7 heteroatoms. The van der Waals surface area contributed by atoms with Crippen molar-refractivity contribution in [2.24, 2.45) is 0 Å². The Bertz CT molecular complexity index is 915. The summed E-state index contributed by atoms with van der Waals surface area (Å²) in [7, 11) is 0. The van der Waals surface area contributed by atoms with Crippen LogP contribution in [-0.2, 0) is 18.4 Å². The molecule has 0 saturated heterocycles.